The van der Waals surface area contributed by atoms with Crippen molar-refractivity contribution in [3.05, 3.63) is 53.5 Å². The number of rotatable bonds is 6. The fraction of sp³-hybridized carbons (Fsp3) is 0.421. The van der Waals surface area contributed by atoms with Crippen molar-refractivity contribution in [1.29, 1.82) is 0 Å². The van der Waals surface area contributed by atoms with E-state index in [0.717, 1.165) is 16.8 Å². The van der Waals surface area contributed by atoms with E-state index in [0.29, 0.717) is 18.7 Å². The molecular weight excluding hydrogens is 352 g/mol. The molecule has 3 rings (SSSR count). The van der Waals surface area contributed by atoms with Crippen LogP contribution in [0.5, 0.6) is 0 Å². The number of anilines is 1. The van der Waals surface area contributed by atoms with Gasteiger partial charge in [-0.3, -0.25) is 9.69 Å². The number of hydrogen-bond donors (Lipinski definition) is 1. The molecule has 1 aromatic heterocycles. The van der Waals surface area contributed by atoms with Crippen LogP contribution in [0, 0.1) is 13.8 Å². The second kappa shape index (κ2) is 7.63. The van der Waals surface area contributed by atoms with Crippen molar-refractivity contribution in [1.82, 2.24) is 4.90 Å². The van der Waals surface area contributed by atoms with Gasteiger partial charge in [0.1, 0.15) is 5.76 Å². The first-order valence-corrected chi connectivity index (χ1v) is 10.5. The standard InChI is InChI=1S/C19H24N2O4S/c1-14-5-3-6-15(2)19(14)20-18(22)12-21(11-17-7-4-9-25-17)16-8-10-26(23,24)13-16/h3-7,9,16H,8,10-13H2,1-2H3,(H,20,22)/t16-/m0/s1. The van der Waals surface area contributed by atoms with Crippen LogP contribution in [0.2, 0.25) is 0 Å². The van der Waals surface area contributed by atoms with Crippen molar-refractivity contribution in [2.24, 2.45) is 0 Å². The number of sulfone groups is 1. The van der Waals surface area contributed by atoms with E-state index >= 15 is 0 Å². The SMILES string of the molecule is Cc1cccc(C)c1NC(=O)CN(Cc1ccco1)[C@H]1CCS(=O)(=O)C1. The number of hydrogen-bond acceptors (Lipinski definition) is 5. The van der Waals surface area contributed by atoms with Crippen LogP contribution in [-0.2, 0) is 21.2 Å². The lowest BCUT2D eigenvalue weighted by atomic mass is 10.1. The minimum absolute atomic E-state index is 0.0877. The molecule has 1 aliphatic heterocycles. The zero-order valence-corrected chi connectivity index (χ0v) is 15.9. The number of para-hydroxylation sites is 1. The minimum Gasteiger partial charge on any atom is -0.468 e. The van der Waals surface area contributed by atoms with Crippen LogP contribution in [0.4, 0.5) is 5.69 Å². The second-order valence-electron chi connectivity index (χ2n) is 6.86. The smallest absolute Gasteiger partial charge is 0.238 e. The predicted molar refractivity (Wildman–Crippen MR) is 101 cm³/mol. The molecule has 2 aromatic rings. The summed E-state index contributed by atoms with van der Waals surface area (Å²) in [6, 6.07) is 9.30. The van der Waals surface area contributed by atoms with Crippen LogP contribution < -0.4 is 5.32 Å². The van der Waals surface area contributed by atoms with Crippen LogP contribution in [-0.4, -0.2) is 43.3 Å². The average Bonchev–Trinajstić information content (AvgIpc) is 3.20. The molecule has 0 spiro atoms. The summed E-state index contributed by atoms with van der Waals surface area (Å²) in [6.45, 7) is 4.43. The van der Waals surface area contributed by atoms with E-state index in [1.165, 1.54) is 0 Å². The number of benzene rings is 1. The zero-order chi connectivity index (χ0) is 18.7. The highest BCUT2D eigenvalue weighted by atomic mass is 32.2. The number of amides is 1. The summed E-state index contributed by atoms with van der Waals surface area (Å²) in [6.07, 6.45) is 2.12. The van der Waals surface area contributed by atoms with Gasteiger partial charge in [0.05, 0.1) is 30.9 Å². The number of carbonyl (C=O) groups is 1. The van der Waals surface area contributed by atoms with Gasteiger partial charge >= 0.3 is 0 Å². The molecule has 1 aromatic carbocycles. The molecule has 0 aliphatic carbocycles. The normalized spacial score (nSPS) is 19.0. The molecule has 1 N–H and O–H groups in total. The topological polar surface area (TPSA) is 79.6 Å². The van der Waals surface area contributed by atoms with Gasteiger partial charge in [0.25, 0.3) is 0 Å². The van der Waals surface area contributed by atoms with E-state index < -0.39 is 9.84 Å². The molecule has 1 fully saturated rings. The Morgan fingerprint density at radius 1 is 1.23 bits per heavy atom. The molecule has 7 heteroatoms. The molecule has 1 atom stereocenters. The molecule has 1 aliphatic rings. The van der Waals surface area contributed by atoms with E-state index in [1.807, 2.05) is 43.0 Å². The third-order valence-electron chi connectivity index (χ3n) is 4.76. The van der Waals surface area contributed by atoms with Gasteiger partial charge in [0.15, 0.2) is 9.84 Å². The third-order valence-corrected chi connectivity index (χ3v) is 6.51. The summed E-state index contributed by atoms with van der Waals surface area (Å²) in [4.78, 5) is 14.5. The molecule has 6 nitrogen and oxygen atoms in total. The number of carbonyl (C=O) groups excluding carboxylic acids is 1. The number of nitrogens with one attached hydrogen (secondary N) is 1. The van der Waals surface area contributed by atoms with Gasteiger partial charge in [0, 0.05) is 11.7 Å². The molecule has 0 saturated carbocycles. The van der Waals surface area contributed by atoms with E-state index in [4.69, 9.17) is 4.42 Å². The van der Waals surface area contributed by atoms with E-state index in [1.54, 1.807) is 12.3 Å². The molecule has 0 radical (unpaired) electrons. The number of furan rings is 1. The van der Waals surface area contributed by atoms with Crippen LogP contribution in [0.1, 0.15) is 23.3 Å². The molecule has 0 unspecified atom stereocenters. The highest BCUT2D eigenvalue weighted by molar-refractivity contribution is 7.91. The van der Waals surface area contributed by atoms with Crippen molar-refractivity contribution in [3.63, 3.8) is 0 Å². The average molecular weight is 376 g/mol. The fourth-order valence-electron chi connectivity index (χ4n) is 3.36. The summed E-state index contributed by atoms with van der Waals surface area (Å²) < 4.78 is 29.1. The largest absolute Gasteiger partial charge is 0.468 e. The molecule has 0 bridgehead atoms. The van der Waals surface area contributed by atoms with E-state index in [-0.39, 0.29) is 30.0 Å². The van der Waals surface area contributed by atoms with Crippen molar-refractivity contribution >= 4 is 21.4 Å². The predicted octanol–water partition coefficient (Wildman–Crippen LogP) is 2.52. The monoisotopic (exact) mass is 376 g/mol. The highest BCUT2D eigenvalue weighted by Gasteiger charge is 2.33. The summed E-state index contributed by atoms with van der Waals surface area (Å²) in [5, 5.41) is 2.97. The van der Waals surface area contributed by atoms with Gasteiger partial charge in [-0.05, 0) is 43.5 Å². The summed E-state index contributed by atoms with van der Waals surface area (Å²) in [5.41, 5.74) is 2.81. The zero-order valence-electron chi connectivity index (χ0n) is 15.1. The van der Waals surface area contributed by atoms with Crippen molar-refractivity contribution in [2.75, 3.05) is 23.4 Å². The second-order valence-corrected chi connectivity index (χ2v) is 9.08. The van der Waals surface area contributed by atoms with Gasteiger partial charge in [-0.2, -0.15) is 0 Å². The Bertz CT molecular complexity index is 855. The maximum absolute atomic E-state index is 12.6. The summed E-state index contributed by atoms with van der Waals surface area (Å²) in [7, 11) is -3.03. The van der Waals surface area contributed by atoms with Gasteiger partial charge < -0.3 is 9.73 Å². The third kappa shape index (κ3) is 4.53. The van der Waals surface area contributed by atoms with Crippen LogP contribution >= 0.6 is 0 Å². The number of aryl methyl sites for hydroxylation is 2. The summed E-state index contributed by atoms with van der Waals surface area (Å²) in [5.74, 6) is 0.822. The van der Waals surface area contributed by atoms with Gasteiger partial charge in [-0.15, -0.1) is 0 Å². The Hall–Kier alpha value is -2.12. The molecule has 26 heavy (non-hydrogen) atoms. The Morgan fingerprint density at radius 3 is 2.54 bits per heavy atom. The highest BCUT2D eigenvalue weighted by Crippen LogP contribution is 2.22. The Labute approximate surface area is 154 Å². The van der Waals surface area contributed by atoms with Gasteiger partial charge in [0.2, 0.25) is 5.91 Å². The summed E-state index contributed by atoms with van der Waals surface area (Å²) >= 11 is 0. The Kier molecular flexibility index (Phi) is 5.48. The van der Waals surface area contributed by atoms with E-state index in [9.17, 15) is 13.2 Å². The van der Waals surface area contributed by atoms with Crippen molar-refractivity contribution in [2.45, 2.75) is 32.9 Å². The molecular formula is C19H24N2O4S. The first kappa shape index (κ1) is 18.7. The lowest BCUT2D eigenvalue weighted by Gasteiger charge is -2.26. The van der Waals surface area contributed by atoms with Gasteiger partial charge in [-0.1, -0.05) is 18.2 Å². The molecule has 2 heterocycles. The first-order valence-electron chi connectivity index (χ1n) is 8.67. The van der Waals surface area contributed by atoms with Crippen LogP contribution in [0.25, 0.3) is 0 Å². The van der Waals surface area contributed by atoms with Crippen LogP contribution in [0.15, 0.2) is 41.0 Å². The molecule has 140 valence electrons. The number of nitrogens with zero attached hydrogens (tertiary/aromatic N) is 1. The molecule has 1 saturated heterocycles. The fourth-order valence-corrected chi connectivity index (χ4v) is 5.12. The van der Waals surface area contributed by atoms with Crippen LogP contribution in [0.3, 0.4) is 0 Å². The maximum Gasteiger partial charge on any atom is 0.238 e. The molecule has 1 amide bonds. The lowest BCUT2D eigenvalue weighted by molar-refractivity contribution is -0.118. The minimum atomic E-state index is -3.03. The Morgan fingerprint density at radius 2 is 1.96 bits per heavy atom. The van der Waals surface area contributed by atoms with E-state index in [2.05, 4.69) is 5.32 Å². The first-order chi connectivity index (χ1) is 12.3. The Balaban J connectivity index is 1.73. The van der Waals surface area contributed by atoms with Crippen molar-refractivity contribution in [3.8, 4) is 0 Å². The van der Waals surface area contributed by atoms with Gasteiger partial charge in [-0.25, -0.2) is 8.42 Å². The van der Waals surface area contributed by atoms with Crippen molar-refractivity contribution < 1.29 is 17.6 Å². The maximum atomic E-state index is 12.6. The quantitative estimate of drug-likeness (QED) is 0.838. The lowest BCUT2D eigenvalue weighted by Crippen LogP contribution is -2.41.